The van der Waals surface area contributed by atoms with Crippen LogP contribution in [0.25, 0.3) is 0 Å². The molecule has 0 radical (unpaired) electrons. The number of anilines is 3. The Morgan fingerprint density at radius 3 is 2.18 bits per heavy atom. The summed E-state index contributed by atoms with van der Waals surface area (Å²) in [4.78, 5) is 38.2. The molecule has 0 saturated heterocycles. The number of amides is 3. The first-order chi connectivity index (χ1) is 20.4. The average Bonchev–Trinajstić information content (AvgIpc) is 3.51. The van der Waals surface area contributed by atoms with Gasteiger partial charge in [0.05, 0.1) is 38.7 Å². The normalized spacial score (nSPS) is 17.9. The second-order valence-corrected chi connectivity index (χ2v) is 12.6. The highest BCUT2D eigenvalue weighted by Crippen LogP contribution is 2.65. The summed E-state index contributed by atoms with van der Waals surface area (Å²) >= 11 is 30.9. The molecule has 3 N–H and O–H groups in total. The van der Waals surface area contributed by atoms with Gasteiger partial charge in [-0.05, 0) is 48.0 Å². The van der Waals surface area contributed by atoms with E-state index in [0.29, 0.717) is 16.7 Å². The molecule has 16 heteroatoms. The molecule has 3 aromatic carbocycles. The van der Waals surface area contributed by atoms with Crippen molar-refractivity contribution in [3.63, 3.8) is 0 Å². The molecule has 0 bridgehead atoms. The van der Waals surface area contributed by atoms with Crippen LogP contribution in [0.2, 0.25) is 15.1 Å². The topological polar surface area (TPSA) is 87.3 Å². The fraction of sp³-hybridized carbons (Fsp3) is 0.250. The van der Waals surface area contributed by atoms with E-state index in [9.17, 15) is 31.9 Å². The van der Waals surface area contributed by atoms with Crippen molar-refractivity contribution in [1.82, 2.24) is 0 Å². The van der Waals surface area contributed by atoms with Crippen molar-refractivity contribution in [3.8, 4) is 0 Å². The zero-order valence-corrected chi connectivity index (χ0v) is 25.8. The number of nitrogens with one attached hydrogen (secondary N) is 3. The summed E-state index contributed by atoms with van der Waals surface area (Å²) in [5.41, 5.74) is -1.23. The summed E-state index contributed by atoms with van der Waals surface area (Å²) in [7, 11) is 0. The van der Waals surface area contributed by atoms with Crippen LogP contribution < -0.4 is 16.0 Å². The maximum Gasteiger partial charge on any atom is 0.389 e. The minimum absolute atomic E-state index is 0.0969. The van der Waals surface area contributed by atoms with E-state index in [4.69, 9.17) is 58.0 Å². The van der Waals surface area contributed by atoms with Crippen LogP contribution in [-0.4, -0.2) is 28.2 Å². The summed E-state index contributed by atoms with van der Waals surface area (Å²) in [5, 5.41) is 6.99. The molecule has 3 amide bonds. The Balaban J connectivity index is 1.49. The van der Waals surface area contributed by atoms with Gasteiger partial charge in [0, 0.05) is 17.5 Å². The zero-order valence-electron chi connectivity index (χ0n) is 22.1. The smallest absolute Gasteiger partial charge is 0.326 e. The molecular formula is C28H19Cl5F5N3O3. The summed E-state index contributed by atoms with van der Waals surface area (Å²) in [5.74, 6) is -8.79. The van der Waals surface area contributed by atoms with E-state index in [1.807, 2.05) is 0 Å². The van der Waals surface area contributed by atoms with Crippen molar-refractivity contribution >= 4 is 92.8 Å². The number of hydrogen-bond acceptors (Lipinski definition) is 3. The van der Waals surface area contributed by atoms with Gasteiger partial charge in [-0.15, -0.1) is 23.2 Å². The van der Waals surface area contributed by atoms with Crippen molar-refractivity contribution in [2.24, 2.45) is 11.8 Å². The molecule has 3 aromatic rings. The molecule has 0 heterocycles. The van der Waals surface area contributed by atoms with Gasteiger partial charge in [-0.3, -0.25) is 14.4 Å². The van der Waals surface area contributed by atoms with Gasteiger partial charge in [-0.2, -0.15) is 13.2 Å². The molecule has 1 saturated carbocycles. The number of halogens is 10. The first-order valence-corrected chi connectivity index (χ1v) is 14.4. The highest BCUT2D eigenvalue weighted by Gasteiger charge is 2.67. The van der Waals surface area contributed by atoms with E-state index >= 15 is 4.39 Å². The summed E-state index contributed by atoms with van der Waals surface area (Å²) in [6.45, 7) is 0.939. The van der Waals surface area contributed by atoms with E-state index in [1.165, 1.54) is 24.3 Å². The van der Waals surface area contributed by atoms with Crippen LogP contribution in [0.3, 0.4) is 0 Å². The van der Waals surface area contributed by atoms with Crippen molar-refractivity contribution < 1.29 is 36.3 Å². The van der Waals surface area contributed by atoms with Crippen molar-refractivity contribution in [2.75, 3.05) is 16.0 Å². The second kappa shape index (κ2) is 12.9. The highest BCUT2D eigenvalue weighted by atomic mass is 35.5. The largest absolute Gasteiger partial charge is 0.389 e. The molecule has 0 aromatic heterocycles. The van der Waals surface area contributed by atoms with E-state index in [2.05, 4.69) is 10.6 Å². The van der Waals surface area contributed by atoms with Crippen molar-refractivity contribution in [1.29, 1.82) is 0 Å². The van der Waals surface area contributed by atoms with Gasteiger partial charge in [-0.1, -0.05) is 47.8 Å². The summed E-state index contributed by atoms with van der Waals surface area (Å²) in [6.07, 6.45) is -6.20. The lowest BCUT2D eigenvalue weighted by atomic mass is 10.1. The molecule has 0 spiro atoms. The third-order valence-corrected chi connectivity index (χ3v) is 8.70. The van der Waals surface area contributed by atoms with Gasteiger partial charge >= 0.3 is 6.18 Å². The standard InChI is InChI=1S/C28H19Cl5F5N3O3/c1-11(10-27(36,37)38)24(42)41-23-18(34)6-7-19(22(23)35)40-25(43)14-9-13(3-5-15(14)29)39-26(44)21-20(28(21,32)33)12-2-4-16(30)17(31)8-12/h2-9,11,20-21H,10H2,1H3,(H,39,44)(H,40,43)(H,41,42)/t11?,20-,21?/m0/s1. The fourth-order valence-corrected chi connectivity index (χ4v) is 5.75. The van der Waals surface area contributed by atoms with Gasteiger partial charge in [0.25, 0.3) is 5.91 Å². The maximum absolute atomic E-state index is 15.1. The van der Waals surface area contributed by atoms with E-state index < -0.39 is 75.4 Å². The summed E-state index contributed by atoms with van der Waals surface area (Å²) < 4.78 is 65.8. The third kappa shape index (κ3) is 7.51. The number of alkyl halides is 5. The Hall–Kier alpha value is -2.83. The maximum atomic E-state index is 15.1. The minimum atomic E-state index is -4.68. The number of carbonyl (C=O) groups is 3. The molecule has 1 fully saturated rings. The second-order valence-electron chi connectivity index (χ2n) is 9.93. The van der Waals surface area contributed by atoms with Crippen LogP contribution in [0.4, 0.5) is 39.0 Å². The first kappa shape index (κ1) is 34.1. The van der Waals surface area contributed by atoms with Gasteiger partial charge in [0.15, 0.2) is 5.82 Å². The molecule has 2 unspecified atom stereocenters. The SMILES string of the molecule is CC(CC(F)(F)F)C(=O)Nc1c(F)ccc(NC(=O)c2cc(NC(=O)C3[C@H](c4ccc(Cl)c(Cl)c4)C3(Cl)Cl)ccc2Cl)c1F. The Bertz CT molecular complexity index is 1650. The molecular weight excluding hydrogens is 699 g/mol. The predicted molar refractivity (Wildman–Crippen MR) is 160 cm³/mol. The Kier molecular flexibility index (Phi) is 9.97. The first-order valence-electron chi connectivity index (χ1n) is 12.5. The van der Waals surface area contributed by atoms with Crippen LogP contribution in [0.1, 0.15) is 35.2 Å². The minimum Gasteiger partial charge on any atom is -0.326 e. The van der Waals surface area contributed by atoms with Gasteiger partial charge in [0.2, 0.25) is 11.8 Å². The fourth-order valence-electron chi connectivity index (χ4n) is 4.41. The number of rotatable bonds is 8. The molecule has 6 nitrogen and oxygen atoms in total. The van der Waals surface area contributed by atoms with Gasteiger partial charge in [0.1, 0.15) is 15.8 Å². The molecule has 1 aliphatic rings. The van der Waals surface area contributed by atoms with E-state index in [1.54, 1.807) is 17.4 Å². The Morgan fingerprint density at radius 1 is 0.886 bits per heavy atom. The van der Waals surface area contributed by atoms with Crippen LogP contribution in [0, 0.1) is 23.5 Å². The van der Waals surface area contributed by atoms with Crippen LogP contribution in [-0.2, 0) is 9.59 Å². The monoisotopic (exact) mass is 715 g/mol. The molecule has 0 aliphatic heterocycles. The Labute approximate surface area is 272 Å². The lowest BCUT2D eigenvalue weighted by Gasteiger charge is -2.16. The van der Waals surface area contributed by atoms with Crippen LogP contribution in [0.15, 0.2) is 48.5 Å². The van der Waals surface area contributed by atoms with E-state index in [-0.39, 0.29) is 21.3 Å². The van der Waals surface area contributed by atoms with Gasteiger partial charge in [-0.25, -0.2) is 8.78 Å². The molecule has 4 rings (SSSR count). The van der Waals surface area contributed by atoms with Crippen LogP contribution >= 0.6 is 58.0 Å². The number of hydrogen-bond donors (Lipinski definition) is 3. The van der Waals surface area contributed by atoms with Crippen molar-refractivity contribution in [2.45, 2.75) is 29.8 Å². The van der Waals surface area contributed by atoms with Gasteiger partial charge < -0.3 is 16.0 Å². The summed E-state index contributed by atoms with van der Waals surface area (Å²) in [6, 6.07) is 10.1. The molecule has 44 heavy (non-hydrogen) atoms. The average molecular weight is 718 g/mol. The molecule has 234 valence electrons. The van der Waals surface area contributed by atoms with Crippen molar-refractivity contribution in [3.05, 3.63) is 86.4 Å². The number of benzene rings is 3. The molecule has 3 atom stereocenters. The lowest BCUT2D eigenvalue weighted by Crippen LogP contribution is -2.26. The third-order valence-electron chi connectivity index (χ3n) is 6.69. The lowest BCUT2D eigenvalue weighted by molar-refractivity contribution is -0.150. The Morgan fingerprint density at radius 2 is 1.55 bits per heavy atom. The van der Waals surface area contributed by atoms with Crippen LogP contribution in [0.5, 0.6) is 0 Å². The predicted octanol–water partition coefficient (Wildman–Crippen LogP) is 9.23. The zero-order chi connectivity index (χ0) is 32.7. The number of carbonyl (C=O) groups excluding carboxylic acids is 3. The van der Waals surface area contributed by atoms with E-state index in [0.717, 1.165) is 13.0 Å². The highest BCUT2D eigenvalue weighted by molar-refractivity contribution is 6.53. The molecule has 1 aliphatic carbocycles. The quantitative estimate of drug-likeness (QED) is 0.160.